The van der Waals surface area contributed by atoms with Gasteiger partial charge in [-0.1, -0.05) is 36.4 Å². The van der Waals surface area contributed by atoms with Gasteiger partial charge < -0.3 is 19.7 Å². The Morgan fingerprint density at radius 1 is 1.00 bits per heavy atom. The molecule has 1 amide bonds. The van der Waals surface area contributed by atoms with Crippen LogP contribution in [-0.4, -0.2) is 25.7 Å². The summed E-state index contributed by atoms with van der Waals surface area (Å²) in [6, 6.07) is 22.3. The molecule has 1 heterocycles. The molecule has 5 nitrogen and oxygen atoms in total. The van der Waals surface area contributed by atoms with E-state index in [1.807, 2.05) is 56.3 Å². The molecule has 5 heteroatoms. The third-order valence-corrected chi connectivity index (χ3v) is 5.84. The number of carbonyl (C=O) groups is 1. The molecule has 0 radical (unpaired) electrons. The van der Waals surface area contributed by atoms with Crippen molar-refractivity contribution in [2.45, 2.75) is 45.9 Å². The summed E-state index contributed by atoms with van der Waals surface area (Å²) in [5.41, 5.74) is 5.56. The summed E-state index contributed by atoms with van der Waals surface area (Å²) in [6.45, 7) is 6.28. The van der Waals surface area contributed by atoms with Crippen LogP contribution in [0.2, 0.25) is 0 Å². The van der Waals surface area contributed by atoms with E-state index in [9.17, 15) is 4.79 Å². The van der Waals surface area contributed by atoms with E-state index < -0.39 is 0 Å². The van der Waals surface area contributed by atoms with Crippen molar-refractivity contribution < 1.29 is 14.3 Å². The van der Waals surface area contributed by atoms with Gasteiger partial charge in [0, 0.05) is 30.9 Å². The number of methoxy groups -OCH3 is 1. The van der Waals surface area contributed by atoms with Crippen LogP contribution in [0.3, 0.4) is 0 Å². The van der Waals surface area contributed by atoms with E-state index in [2.05, 4.69) is 34.5 Å². The average molecular weight is 445 g/mol. The lowest BCUT2D eigenvalue weighted by Crippen LogP contribution is -2.28. The molecule has 1 N–H and O–H groups in total. The number of nitrogens with one attached hydrogen (secondary N) is 1. The molecule has 0 spiro atoms. The van der Waals surface area contributed by atoms with Crippen molar-refractivity contribution in [2.24, 2.45) is 0 Å². The molecule has 0 saturated carbocycles. The Morgan fingerprint density at radius 3 is 2.52 bits per heavy atom. The number of rotatable bonds is 8. The molecule has 4 rings (SSSR count). The fraction of sp³-hybridized carbons (Fsp3) is 0.321. The number of ether oxygens (including phenoxy) is 2. The van der Waals surface area contributed by atoms with E-state index in [0.29, 0.717) is 23.6 Å². The second kappa shape index (κ2) is 10.4. The van der Waals surface area contributed by atoms with Crippen molar-refractivity contribution in [1.29, 1.82) is 0 Å². The second-order valence-electron chi connectivity index (χ2n) is 8.69. The monoisotopic (exact) mass is 444 g/mol. The predicted octanol–water partition coefficient (Wildman–Crippen LogP) is 5.37. The van der Waals surface area contributed by atoms with Crippen molar-refractivity contribution >= 4 is 11.6 Å². The molecule has 3 aromatic rings. The van der Waals surface area contributed by atoms with E-state index in [1.165, 1.54) is 23.2 Å². The zero-order chi connectivity index (χ0) is 23.2. The molecule has 0 fully saturated rings. The summed E-state index contributed by atoms with van der Waals surface area (Å²) >= 11 is 0. The largest absolute Gasteiger partial charge is 0.493 e. The molecule has 3 aromatic carbocycles. The molecular formula is C28H32N2O3. The predicted molar refractivity (Wildman–Crippen MR) is 132 cm³/mol. The smallest absolute Gasteiger partial charge is 0.251 e. The maximum absolute atomic E-state index is 12.7. The molecule has 0 aromatic heterocycles. The number of nitrogens with zero attached hydrogens (tertiary/aromatic N) is 1. The van der Waals surface area contributed by atoms with Crippen molar-refractivity contribution in [3.8, 4) is 11.5 Å². The van der Waals surface area contributed by atoms with Crippen molar-refractivity contribution in [1.82, 2.24) is 5.32 Å². The number of anilines is 1. The normalized spacial score (nSPS) is 12.9. The van der Waals surface area contributed by atoms with Crippen LogP contribution in [0.1, 0.15) is 47.3 Å². The van der Waals surface area contributed by atoms with Crippen LogP contribution < -0.4 is 19.7 Å². The number of hydrogen-bond acceptors (Lipinski definition) is 4. The molecule has 0 unspecified atom stereocenters. The first kappa shape index (κ1) is 22.7. The highest BCUT2D eigenvalue weighted by atomic mass is 16.5. The second-order valence-corrected chi connectivity index (χ2v) is 8.69. The Hall–Kier alpha value is -3.47. The van der Waals surface area contributed by atoms with E-state index in [0.717, 1.165) is 25.1 Å². The van der Waals surface area contributed by atoms with Gasteiger partial charge in [-0.2, -0.15) is 0 Å². The van der Waals surface area contributed by atoms with Crippen LogP contribution in [0.25, 0.3) is 0 Å². The number of hydrogen-bond donors (Lipinski definition) is 1. The Labute approximate surface area is 196 Å². The Kier molecular flexibility index (Phi) is 7.18. The standard InChI is InChI=1S/C28H32N2O3/c1-20(2)33-26-15-12-22(17-27(26)32-3)18-29-28(31)24-13-10-21(11-14-24)19-30-16-6-8-23-7-4-5-9-25(23)30/h4-5,7,9-15,17,20H,6,8,16,18-19H2,1-3H3,(H,29,31). The van der Waals surface area contributed by atoms with Crippen LogP contribution in [0, 0.1) is 0 Å². The minimum absolute atomic E-state index is 0.0667. The summed E-state index contributed by atoms with van der Waals surface area (Å²) < 4.78 is 11.2. The number of carbonyl (C=O) groups excluding carboxylic acids is 1. The summed E-state index contributed by atoms with van der Waals surface area (Å²) in [4.78, 5) is 15.1. The zero-order valence-corrected chi connectivity index (χ0v) is 19.6. The summed E-state index contributed by atoms with van der Waals surface area (Å²) in [7, 11) is 1.62. The van der Waals surface area contributed by atoms with Crippen LogP contribution in [-0.2, 0) is 19.5 Å². The molecule has 33 heavy (non-hydrogen) atoms. The third kappa shape index (κ3) is 5.67. The van der Waals surface area contributed by atoms with E-state index >= 15 is 0 Å². The first-order valence-corrected chi connectivity index (χ1v) is 11.6. The highest BCUT2D eigenvalue weighted by Gasteiger charge is 2.16. The number of aryl methyl sites for hydroxylation is 1. The summed E-state index contributed by atoms with van der Waals surface area (Å²) in [6.07, 6.45) is 2.38. The van der Waals surface area contributed by atoms with Gasteiger partial charge in [0.15, 0.2) is 11.5 Å². The zero-order valence-electron chi connectivity index (χ0n) is 19.6. The van der Waals surface area contributed by atoms with Crippen LogP contribution >= 0.6 is 0 Å². The minimum atomic E-state index is -0.0914. The topological polar surface area (TPSA) is 50.8 Å². The maximum Gasteiger partial charge on any atom is 0.251 e. The lowest BCUT2D eigenvalue weighted by molar-refractivity contribution is 0.0951. The lowest BCUT2D eigenvalue weighted by atomic mass is 10.0. The van der Waals surface area contributed by atoms with Gasteiger partial charge in [-0.3, -0.25) is 4.79 Å². The van der Waals surface area contributed by atoms with E-state index in [4.69, 9.17) is 9.47 Å². The fourth-order valence-corrected chi connectivity index (χ4v) is 4.22. The van der Waals surface area contributed by atoms with E-state index in [-0.39, 0.29) is 12.0 Å². The molecule has 0 saturated heterocycles. The van der Waals surface area contributed by atoms with Crippen molar-refractivity contribution in [2.75, 3.05) is 18.6 Å². The fourth-order valence-electron chi connectivity index (χ4n) is 4.22. The van der Waals surface area contributed by atoms with Gasteiger partial charge in [-0.15, -0.1) is 0 Å². The highest BCUT2D eigenvalue weighted by Crippen LogP contribution is 2.29. The van der Waals surface area contributed by atoms with Gasteiger partial charge in [-0.05, 0) is 73.7 Å². The van der Waals surface area contributed by atoms with Crippen LogP contribution in [0.4, 0.5) is 5.69 Å². The first-order chi connectivity index (χ1) is 16.0. The minimum Gasteiger partial charge on any atom is -0.493 e. The van der Waals surface area contributed by atoms with Gasteiger partial charge in [0.2, 0.25) is 0 Å². The van der Waals surface area contributed by atoms with Gasteiger partial charge >= 0.3 is 0 Å². The quantitative estimate of drug-likeness (QED) is 0.508. The van der Waals surface area contributed by atoms with Crippen LogP contribution in [0.5, 0.6) is 11.5 Å². The number of para-hydroxylation sites is 1. The van der Waals surface area contributed by atoms with Gasteiger partial charge in [0.1, 0.15) is 0 Å². The lowest BCUT2D eigenvalue weighted by Gasteiger charge is -2.31. The number of amides is 1. The third-order valence-electron chi connectivity index (χ3n) is 5.84. The van der Waals surface area contributed by atoms with E-state index in [1.54, 1.807) is 7.11 Å². The van der Waals surface area contributed by atoms with Crippen LogP contribution in [0.15, 0.2) is 66.7 Å². The Morgan fingerprint density at radius 2 is 1.76 bits per heavy atom. The number of fused-ring (bicyclic) bond motifs is 1. The van der Waals surface area contributed by atoms with Crippen molar-refractivity contribution in [3.63, 3.8) is 0 Å². The molecule has 0 bridgehead atoms. The molecular weight excluding hydrogens is 412 g/mol. The Balaban J connectivity index is 1.35. The first-order valence-electron chi connectivity index (χ1n) is 11.6. The van der Waals surface area contributed by atoms with Crippen molar-refractivity contribution in [3.05, 3.63) is 89.0 Å². The molecule has 1 aliphatic heterocycles. The number of benzene rings is 3. The maximum atomic E-state index is 12.7. The summed E-state index contributed by atoms with van der Waals surface area (Å²) in [5, 5.41) is 2.99. The Bertz CT molecular complexity index is 1090. The molecule has 0 atom stereocenters. The molecule has 1 aliphatic rings. The van der Waals surface area contributed by atoms with Gasteiger partial charge in [0.25, 0.3) is 5.91 Å². The molecule has 0 aliphatic carbocycles. The van der Waals surface area contributed by atoms with Gasteiger partial charge in [-0.25, -0.2) is 0 Å². The summed E-state index contributed by atoms with van der Waals surface area (Å²) in [5.74, 6) is 1.28. The highest BCUT2D eigenvalue weighted by molar-refractivity contribution is 5.94. The average Bonchev–Trinajstić information content (AvgIpc) is 2.83. The van der Waals surface area contributed by atoms with Gasteiger partial charge in [0.05, 0.1) is 13.2 Å². The molecule has 172 valence electrons. The SMILES string of the molecule is COc1cc(CNC(=O)c2ccc(CN3CCCc4ccccc43)cc2)ccc1OC(C)C.